The zero-order chi connectivity index (χ0) is 10.8. The summed E-state index contributed by atoms with van der Waals surface area (Å²) in [5, 5.41) is 2.12. The van der Waals surface area contributed by atoms with Crippen molar-refractivity contribution in [3.8, 4) is 11.5 Å². The van der Waals surface area contributed by atoms with Crippen LogP contribution in [0.5, 0.6) is 11.5 Å². The Hall–Kier alpha value is -1.70. The molecule has 0 aliphatic heterocycles. The Labute approximate surface area is 89.4 Å². The molecular formula is C13H13O2. The number of fused-ring (bicyclic) bond motifs is 1. The van der Waals surface area contributed by atoms with Crippen LogP contribution in [0.15, 0.2) is 30.3 Å². The van der Waals surface area contributed by atoms with Crippen molar-refractivity contribution in [3.63, 3.8) is 0 Å². The molecule has 0 aliphatic rings. The van der Waals surface area contributed by atoms with Crippen molar-refractivity contribution in [3.05, 3.63) is 42.8 Å². The van der Waals surface area contributed by atoms with Crippen LogP contribution in [-0.4, -0.2) is 14.2 Å². The van der Waals surface area contributed by atoms with Gasteiger partial charge in [-0.3, -0.25) is 0 Å². The topological polar surface area (TPSA) is 18.5 Å². The Morgan fingerprint density at radius 1 is 1.07 bits per heavy atom. The van der Waals surface area contributed by atoms with Crippen LogP contribution in [0.25, 0.3) is 10.8 Å². The van der Waals surface area contributed by atoms with E-state index in [2.05, 4.69) is 6.92 Å². The fourth-order valence-corrected chi connectivity index (χ4v) is 1.74. The first kappa shape index (κ1) is 9.84. The monoisotopic (exact) mass is 201 g/mol. The quantitative estimate of drug-likeness (QED) is 0.743. The summed E-state index contributed by atoms with van der Waals surface area (Å²) in [6, 6.07) is 9.80. The van der Waals surface area contributed by atoms with E-state index in [1.165, 1.54) is 0 Å². The Morgan fingerprint density at radius 3 is 2.53 bits per heavy atom. The van der Waals surface area contributed by atoms with Crippen LogP contribution in [0.1, 0.15) is 5.56 Å². The molecule has 0 atom stereocenters. The zero-order valence-electron chi connectivity index (χ0n) is 8.91. The lowest BCUT2D eigenvalue weighted by molar-refractivity contribution is 0.414. The van der Waals surface area contributed by atoms with Crippen molar-refractivity contribution in [1.29, 1.82) is 0 Å². The minimum absolute atomic E-state index is 0.820. The Kier molecular flexibility index (Phi) is 2.50. The van der Waals surface area contributed by atoms with E-state index in [1.807, 2.05) is 30.3 Å². The van der Waals surface area contributed by atoms with Gasteiger partial charge in [0, 0.05) is 5.39 Å². The highest BCUT2D eigenvalue weighted by molar-refractivity contribution is 5.93. The molecule has 2 heteroatoms. The van der Waals surface area contributed by atoms with Crippen molar-refractivity contribution in [1.82, 2.24) is 0 Å². The maximum Gasteiger partial charge on any atom is 0.126 e. The lowest BCUT2D eigenvalue weighted by Crippen LogP contribution is -1.89. The van der Waals surface area contributed by atoms with E-state index in [0.717, 1.165) is 27.8 Å². The molecule has 0 unspecified atom stereocenters. The minimum atomic E-state index is 0.820. The lowest BCUT2D eigenvalue weighted by Gasteiger charge is -2.09. The predicted octanol–water partition coefficient (Wildman–Crippen LogP) is 3.04. The summed E-state index contributed by atoms with van der Waals surface area (Å²) in [7, 11) is 3.32. The second-order valence-corrected chi connectivity index (χ2v) is 3.34. The van der Waals surface area contributed by atoms with Gasteiger partial charge in [0.15, 0.2) is 0 Å². The van der Waals surface area contributed by atoms with Crippen LogP contribution in [-0.2, 0) is 0 Å². The third-order valence-corrected chi connectivity index (χ3v) is 2.45. The van der Waals surface area contributed by atoms with Gasteiger partial charge in [-0.1, -0.05) is 12.1 Å². The molecule has 15 heavy (non-hydrogen) atoms. The largest absolute Gasteiger partial charge is 0.497 e. The van der Waals surface area contributed by atoms with E-state index in [-0.39, 0.29) is 0 Å². The molecule has 0 spiro atoms. The molecule has 77 valence electrons. The summed E-state index contributed by atoms with van der Waals surface area (Å²) >= 11 is 0. The molecule has 0 N–H and O–H groups in total. The molecular weight excluding hydrogens is 188 g/mol. The van der Waals surface area contributed by atoms with Crippen LogP contribution in [0.4, 0.5) is 0 Å². The van der Waals surface area contributed by atoms with Crippen LogP contribution >= 0.6 is 0 Å². The van der Waals surface area contributed by atoms with Crippen LogP contribution in [0, 0.1) is 6.92 Å². The predicted molar refractivity (Wildman–Crippen MR) is 61.5 cm³/mol. The van der Waals surface area contributed by atoms with Crippen molar-refractivity contribution < 1.29 is 9.47 Å². The van der Waals surface area contributed by atoms with E-state index < -0.39 is 0 Å². The number of rotatable bonds is 2. The number of hydrogen-bond acceptors (Lipinski definition) is 2. The van der Waals surface area contributed by atoms with Gasteiger partial charge in [0.25, 0.3) is 0 Å². The molecule has 0 aromatic heterocycles. The van der Waals surface area contributed by atoms with E-state index >= 15 is 0 Å². The summed E-state index contributed by atoms with van der Waals surface area (Å²) in [6.07, 6.45) is 0. The molecule has 0 bridgehead atoms. The van der Waals surface area contributed by atoms with E-state index in [4.69, 9.17) is 9.47 Å². The Bertz CT molecular complexity index is 489. The van der Waals surface area contributed by atoms with Crippen molar-refractivity contribution >= 4 is 10.8 Å². The highest BCUT2D eigenvalue weighted by Crippen LogP contribution is 2.31. The third-order valence-electron chi connectivity index (χ3n) is 2.45. The molecule has 0 saturated carbocycles. The number of methoxy groups -OCH3 is 2. The second kappa shape index (κ2) is 3.81. The van der Waals surface area contributed by atoms with E-state index in [1.54, 1.807) is 14.2 Å². The van der Waals surface area contributed by atoms with E-state index in [0.29, 0.717) is 0 Å². The maximum absolute atomic E-state index is 5.30. The van der Waals surface area contributed by atoms with Crippen LogP contribution in [0.3, 0.4) is 0 Å². The van der Waals surface area contributed by atoms with Gasteiger partial charge in [0.05, 0.1) is 14.2 Å². The molecule has 2 aromatic carbocycles. The summed E-state index contributed by atoms with van der Waals surface area (Å²) in [5.41, 5.74) is 0.918. The molecule has 2 aromatic rings. The van der Waals surface area contributed by atoms with Gasteiger partial charge in [-0.05, 0) is 36.1 Å². The number of hydrogen-bond donors (Lipinski definition) is 0. The SMILES string of the molecule is [CH2]c1cc(OC)cc2cccc(OC)c12. The van der Waals surface area contributed by atoms with Gasteiger partial charge in [-0.15, -0.1) is 0 Å². The normalized spacial score (nSPS) is 10.3. The first-order chi connectivity index (χ1) is 7.26. The fourth-order valence-electron chi connectivity index (χ4n) is 1.74. The molecule has 0 amide bonds. The average Bonchev–Trinajstić information content (AvgIpc) is 2.27. The van der Waals surface area contributed by atoms with Crippen LogP contribution < -0.4 is 9.47 Å². The maximum atomic E-state index is 5.30. The van der Waals surface area contributed by atoms with Gasteiger partial charge in [-0.25, -0.2) is 0 Å². The van der Waals surface area contributed by atoms with Gasteiger partial charge in [-0.2, -0.15) is 0 Å². The van der Waals surface area contributed by atoms with Crippen LogP contribution in [0.2, 0.25) is 0 Å². The molecule has 2 nitrogen and oxygen atoms in total. The fraction of sp³-hybridized carbons (Fsp3) is 0.154. The van der Waals surface area contributed by atoms with E-state index in [9.17, 15) is 0 Å². The summed E-state index contributed by atoms with van der Waals surface area (Å²) in [4.78, 5) is 0. The average molecular weight is 201 g/mol. The van der Waals surface area contributed by atoms with Crippen molar-refractivity contribution in [2.75, 3.05) is 14.2 Å². The van der Waals surface area contributed by atoms with Crippen molar-refractivity contribution in [2.45, 2.75) is 0 Å². The number of ether oxygens (including phenoxy) is 2. The van der Waals surface area contributed by atoms with Crippen molar-refractivity contribution in [2.24, 2.45) is 0 Å². The van der Waals surface area contributed by atoms with Gasteiger partial charge in [0.1, 0.15) is 11.5 Å². The second-order valence-electron chi connectivity index (χ2n) is 3.34. The summed E-state index contributed by atoms with van der Waals surface area (Å²) in [6.45, 7) is 4.01. The molecule has 0 aliphatic carbocycles. The Morgan fingerprint density at radius 2 is 1.87 bits per heavy atom. The Balaban J connectivity index is 2.78. The zero-order valence-corrected chi connectivity index (χ0v) is 8.91. The molecule has 0 saturated heterocycles. The van der Waals surface area contributed by atoms with Gasteiger partial charge >= 0.3 is 0 Å². The first-order valence-electron chi connectivity index (χ1n) is 4.73. The molecule has 0 heterocycles. The number of benzene rings is 2. The molecule has 2 rings (SSSR count). The molecule has 0 fully saturated rings. The minimum Gasteiger partial charge on any atom is -0.497 e. The van der Waals surface area contributed by atoms with Gasteiger partial charge in [0.2, 0.25) is 0 Å². The highest BCUT2D eigenvalue weighted by atomic mass is 16.5. The highest BCUT2D eigenvalue weighted by Gasteiger charge is 2.05. The lowest BCUT2D eigenvalue weighted by atomic mass is 10.0. The molecule has 1 radical (unpaired) electrons. The van der Waals surface area contributed by atoms with Gasteiger partial charge < -0.3 is 9.47 Å². The standard InChI is InChI=1S/C13H13O2/c1-9-7-11(14-2)8-10-5-4-6-12(15-3)13(9)10/h4-8H,1H2,2-3H3. The third kappa shape index (κ3) is 1.63. The smallest absolute Gasteiger partial charge is 0.126 e. The summed E-state index contributed by atoms with van der Waals surface area (Å²) < 4.78 is 10.5. The summed E-state index contributed by atoms with van der Waals surface area (Å²) in [5.74, 6) is 1.67. The first-order valence-corrected chi connectivity index (χ1v) is 4.73.